The molecule has 0 spiro atoms. The van der Waals surface area contributed by atoms with Crippen molar-refractivity contribution in [3.05, 3.63) is 65.3 Å². The second-order valence-corrected chi connectivity index (χ2v) is 13.4. The molecule has 2 aromatic carbocycles. The van der Waals surface area contributed by atoms with Crippen LogP contribution >= 0.6 is 11.3 Å². The van der Waals surface area contributed by atoms with Crippen LogP contribution in [0.15, 0.2) is 54.0 Å². The number of nitrogens with one attached hydrogen (secondary N) is 2. The van der Waals surface area contributed by atoms with Crippen molar-refractivity contribution in [2.45, 2.75) is 58.8 Å². The topological polar surface area (TPSA) is 165 Å². The largest absolute Gasteiger partial charge is 0.491 e. The molecule has 3 amide bonds. The number of hydrogen-bond donors (Lipinski definition) is 4. The molecule has 3 unspecified atom stereocenters. The normalized spacial score (nSPS) is 16.9. The Bertz CT molecular complexity index is 1470. The number of hydrogen-bond acceptors (Lipinski definition) is 10. The molecular formula is C34H45N5O7S. The summed E-state index contributed by atoms with van der Waals surface area (Å²) in [7, 11) is 0. The average molecular weight is 668 g/mol. The van der Waals surface area contributed by atoms with Gasteiger partial charge in [-0.05, 0) is 47.7 Å². The molecule has 0 saturated carbocycles. The smallest absolute Gasteiger partial charge is 0.246 e. The molecule has 0 aliphatic carbocycles. The summed E-state index contributed by atoms with van der Waals surface area (Å²) in [5.74, 6) is -0.573. The van der Waals surface area contributed by atoms with Crippen LogP contribution in [-0.4, -0.2) is 90.5 Å². The molecule has 254 valence electrons. The van der Waals surface area contributed by atoms with Crippen LogP contribution in [0.3, 0.4) is 0 Å². The first-order valence-electron chi connectivity index (χ1n) is 15.6. The predicted molar refractivity (Wildman–Crippen MR) is 180 cm³/mol. The molecule has 0 radical (unpaired) electrons. The number of aliphatic hydroxyl groups is 1. The zero-order valence-electron chi connectivity index (χ0n) is 27.4. The number of amides is 3. The number of aliphatic hydroxyl groups excluding tert-OH is 1. The number of nitrogens with zero attached hydrogens (tertiary/aromatic N) is 2. The van der Waals surface area contributed by atoms with Gasteiger partial charge in [0.15, 0.2) is 0 Å². The number of nitrogen functional groups attached to an aromatic ring is 1. The molecule has 1 saturated heterocycles. The standard InChI is InChI=1S/C34H45N5O7S/c1-22-30(47-21-37-22)24-7-5-23(6-8-24)18-36-32(42)28-17-26(40)19-39(28)33(43)31(34(2,3)4)38-29(41)20-45-14-13-44-15-16-46-27-11-9-25(35)10-12-27/h5-12,21,26,28,31,40H,13-20,35H2,1-4H3,(H,36,42)(H,38,41). The highest BCUT2D eigenvalue weighted by Crippen LogP contribution is 2.28. The molecule has 5 N–H and O–H groups in total. The van der Waals surface area contributed by atoms with E-state index in [1.165, 1.54) is 4.90 Å². The van der Waals surface area contributed by atoms with E-state index >= 15 is 0 Å². The summed E-state index contributed by atoms with van der Waals surface area (Å²) in [4.78, 5) is 46.6. The Morgan fingerprint density at radius 3 is 2.38 bits per heavy atom. The van der Waals surface area contributed by atoms with Crippen molar-refractivity contribution in [2.75, 3.05) is 45.3 Å². The minimum atomic E-state index is -0.941. The second kappa shape index (κ2) is 16.7. The Labute approximate surface area is 279 Å². The maximum atomic E-state index is 13.8. The summed E-state index contributed by atoms with van der Waals surface area (Å²) in [5, 5.41) is 16.1. The van der Waals surface area contributed by atoms with Crippen LogP contribution in [0.2, 0.25) is 0 Å². The number of aromatic nitrogens is 1. The van der Waals surface area contributed by atoms with Gasteiger partial charge in [0.25, 0.3) is 0 Å². The number of carbonyl (C=O) groups is 3. The molecule has 3 aromatic rings. The van der Waals surface area contributed by atoms with Crippen LogP contribution in [-0.2, 0) is 30.4 Å². The quantitative estimate of drug-likeness (QED) is 0.141. The molecule has 0 bridgehead atoms. The fourth-order valence-corrected chi connectivity index (χ4v) is 5.96. The van der Waals surface area contributed by atoms with Gasteiger partial charge in [0.1, 0.15) is 31.0 Å². The molecule has 13 heteroatoms. The molecule has 1 aliphatic rings. The van der Waals surface area contributed by atoms with Crippen LogP contribution < -0.4 is 21.1 Å². The molecule has 47 heavy (non-hydrogen) atoms. The number of aryl methyl sites for hydroxylation is 1. The SMILES string of the molecule is Cc1ncsc1-c1ccc(CNC(=O)C2CC(O)CN2C(=O)C(NC(=O)COCCOCCOc2ccc(N)cc2)C(C)(C)C)cc1. The lowest BCUT2D eigenvalue weighted by atomic mass is 9.85. The van der Waals surface area contributed by atoms with Crippen molar-refractivity contribution in [1.82, 2.24) is 20.5 Å². The number of likely N-dealkylation sites (tertiary alicyclic amines) is 1. The van der Waals surface area contributed by atoms with Crippen LogP contribution in [0.1, 0.15) is 38.4 Å². The Morgan fingerprint density at radius 1 is 1.04 bits per heavy atom. The van der Waals surface area contributed by atoms with Gasteiger partial charge < -0.3 is 40.6 Å². The number of anilines is 1. The number of carbonyl (C=O) groups excluding carboxylic acids is 3. The van der Waals surface area contributed by atoms with E-state index in [2.05, 4.69) is 15.6 Å². The number of ether oxygens (including phenoxy) is 3. The number of thiazole rings is 1. The van der Waals surface area contributed by atoms with Crippen molar-refractivity contribution in [2.24, 2.45) is 5.41 Å². The summed E-state index contributed by atoms with van der Waals surface area (Å²) in [6, 6.07) is 13.1. The van der Waals surface area contributed by atoms with Crippen molar-refractivity contribution in [1.29, 1.82) is 0 Å². The first-order valence-corrected chi connectivity index (χ1v) is 16.5. The maximum Gasteiger partial charge on any atom is 0.246 e. The highest BCUT2D eigenvalue weighted by atomic mass is 32.1. The minimum absolute atomic E-state index is 0.00184. The Kier molecular flexibility index (Phi) is 12.7. The van der Waals surface area contributed by atoms with Gasteiger partial charge in [-0.1, -0.05) is 45.0 Å². The van der Waals surface area contributed by atoms with E-state index in [-0.39, 0.29) is 45.2 Å². The van der Waals surface area contributed by atoms with Gasteiger partial charge in [-0.25, -0.2) is 4.98 Å². The summed E-state index contributed by atoms with van der Waals surface area (Å²) in [5.41, 5.74) is 10.4. The lowest BCUT2D eigenvalue weighted by Crippen LogP contribution is -2.58. The molecular weight excluding hydrogens is 622 g/mol. The van der Waals surface area contributed by atoms with Gasteiger partial charge in [0.05, 0.1) is 42.0 Å². The number of rotatable bonds is 15. The fourth-order valence-electron chi connectivity index (χ4n) is 5.15. The van der Waals surface area contributed by atoms with E-state index in [1.807, 2.05) is 57.5 Å². The second-order valence-electron chi connectivity index (χ2n) is 12.5. The van der Waals surface area contributed by atoms with Gasteiger partial charge in [0, 0.05) is 25.2 Å². The minimum Gasteiger partial charge on any atom is -0.491 e. The molecule has 4 rings (SSSR count). The lowest BCUT2D eigenvalue weighted by Gasteiger charge is -2.35. The molecule has 12 nitrogen and oxygen atoms in total. The number of benzene rings is 2. The summed E-state index contributed by atoms with van der Waals surface area (Å²) < 4.78 is 16.5. The van der Waals surface area contributed by atoms with Crippen molar-refractivity contribution in [3.8, 4) is 16.2 Å². The van der Waals surface area contributed by atoms with Crippen LogP contribution in [0.4, 0.5) is 5.69 Å². The van der Waals surface area contributed by atoms with E-state index in [4.69, 9.17) is 19.9 Å². The Morgan fingerprint density at radius 2 is 1.72 bits per heavy atom. The van der Waals surface area contributed by atoms with Crippen LogP contribution in [0, 0.1) is 12.3 Å². The highest BCUT2D eigenvalue weighted by Gasteiger charge is 2.44. The van der Waals surface area contributed by atoms with E-state index in [1.54, 1.807) is 35.6 Å². The van der Waals surface area contributed by atoms with Gasteiger partial charge in [0.2, 0.25) is 17.7 Å². The summed E-state index contributed by atoms with van der Waals surface area (Å²) in [6.45, 7) is 8.59. The zero-order chi connectivity index (χ0) is 34.0. The number of β-amino-alcohol motifs (C(OH)–C–C–N with tert-alkyl or cyclic N) is 1. The predicted octanol–water partition coefficient (Wildman–Crippen LogP) is 2.92. The van der Waals surface area contributed by atoms with Gasteiger partial charge in [-0.15, -0.1) is 11.3 Å². The van der Waals surface area contributed by atoms with Crippen LogP contribution in [0.25, 0.3) is 10.4 Å². The van der Waals surface area contributed by atoms with E-state index < -0.39 is 35.4 Å². The Hall–Kier alpha value is -4.04. The molecule has 1 aromatic heterocycles. The monoisotopic (exact) mass is 667 g/mol. The van der Waals surface area contributed by atoms with Gasteiger partial charge >= 0.3 is 0 Å². The summed E-state index contributed by atoms with van der Waals surface area (Å²) >= 11 is 1.57. The maximum absolute atomic E-state index is 13.8. The molecule has 1 fully saturated rings. The Balaban J connectivity index is 1.22. The summed E-state index contributed by atoms with van der Waals surface area (Å²) in [6.07, 6.45) is -0.742. The van der Waals surface area contributed by atoms with Gasteiger partial charge in [-0.3, -0.25) is 14.4 Å². The molecule has 1 aliphatic heterocycles. The lowest BCUT2D eigenvalue weighted by molar-refractivity contribution is -0.144. The van der Waals surface area contributed by atoms with Crippen molar-refractivity contribution in [3.63, 3.8) is 0 Å². The third-order valence-corrected chi connectivity index (χ3v) is 8.67. The number of nitrogens with two attached hydrogens (primary N) is 1. The first kappa shape index (κ1) is 35.8. The highest BCUT2D eigenvalue weighted by molar-refractivity contribution is 7.13. The third kappa shape index (κ3) is 10.5. The third-order valence-electron chi connectivity index (χ3n) is 7.69. The van der Waals surface area contributed by atoms with E-state index in [0.29, 0.717) is 24.7 Å². The van der Waals surface area contributed by atoms with Crippen molar-refractivity contribution < 1.29 is 33.7 Å². The first-order chi connectivity index (χ1) is 22.4. The van der Waals surface area contributed by atoms with E-state index in [9.17, 15) is 19.5 Å². The zero-order valence-corrected chi connectivity index (χ0v) is 28.2. The molecule has 3 atom stereocenters. The average Bonchev–Trinajstić information content (AvgIpc) is 3.65. The van der Waals surface area contributed by atoms with Crippen LogP contribution in [0.5, 0.6) is 5.75 Å². The fraction of sp³-hybridized carbons (Fsp3) is 0.471. The van der Waals surface area contributed by atoms with E-state index in [0.717, 1.165) is 21.7 Å². The molecule has 2 heterocycles. The van der Waals surface area contributed by atoms with Crippen molar-refractivity contribution >= 4 is 34.7 Å². The van der Waals surface area contributed by atoms with Gasteiger partial charge in [-0.2, -0.15) is 0 Å².